The molecule has 3 rings (SSSR count). The van der Waals surface area contributed by atoms with E-state index in [1.165, 1.54) is 5.56 Å². The van der Waals surface area contributed by atoms with E-state index in [2.05, 4.69) is 23.2 Å². The Labute approximate surface area is 153 Å². The summed E-state index contributed by atoms with van der Waals surface area (Å²) in [7, 11) is 1.66. The minimum absolute atomic E-state index is 0.0132. The first-order chi connectivity index (χ1) is 12.1. The summed E-state index contributed by atoms with van der Waals surface area (Å²) in [5.41, 5.74) is 4.80. The average Bonchev–Trinajstić information content (AvgIpc) is 2.67. The number of hydrogen-bond acceptors (Lipinski definition) is 3. The van der Waals surface area contributed by atoms with E-state index in [9.17, 15) is 4.79 Å². The molecule has 1 atom stereocenters. The maximum absolute atomic E-state index is 12.6. The standard InChI is InChI=1S/C21H20ClNO2/c1-14-17(6-3-15-4-7-18(25-2)8-5-15)13-19(20(22)21(14)24)16-9-11-23-12-10-16/h4-5,7-13,20H,3,6H2,1-2H3. The summed E-state index contributed by atoms with van der Waals surface area (Å²) in [5, 5.41) is -0.632. The van der Waals surface area contributed by atoms with Crippen LogP contribution in [0.15, 0.2) is 66.0 Å². The van der Waals surface area contributed by atoms with Crippen molar-refractivity contribution in [3.63, 3.8) is 0 Å². The Morgan fingerprint density at radius 2 is 1.76 bits per heavy atom. The molecule has 3 nitrogen and oxygen atoms in total. The van der Waals surface area contributed by atoms with Gasteiger partial charge in [0.25, 0.3) is 0 Å². The Bertz CT molecular complexity index is 823. The topological polar surface area (TPSA) is 39.2 Å². The lowest BCUT2D eigenvalue weighted by Gasteiger charge is -2.22. The van der Waals surface area contributed by atoms with E-state index in [4.69, 9.17) is 16.3 Å². The number of aromatic nitrogens is 1. The van der Waals surface area contributed by atoms with Crippen LogP contribution in [0.3, 0.4) is 0 Å². The summed E-state index contributed by atoms with van der Waals surface area (Å²) in [6.07, 6.45) is 7.14. The van der Waals surface area contributed by atoms with Gasteiger partial charge in [-0.15, -0.1) is 11.6 Å². The van der Waals surface area contributed by atoms with Crippen LogP contribution in [0, 0.1) is 0 Å². The lowest BCUT2D eigenvalue weighted by molar-refractivity contribution is -0.114. The SMILES string of the molecule is COc1ccc(CCC2=C(C)C(=O)C(Cl)C(c3ccncc3)=C2)cc1. The van der Waals surface area contributed by atoms with Gasteiger partial charge in [0.1, 0.15) is 11.1 Å². The highest BCUT2D eigenvalue weighted by atomic mass is 35.5. The monoisotopic (exact) mass is 353 g/mol. The van der Waals surface area contributed by atoms with Gasteiger partial charge < -0.3 is 4.74 Å². The molecule has 0 N–H and O–H groups in total. The summed E-state index contributed by atoms with van der Waals surface area (Å²) in [6, 6.07) is 11.8. The van der Waals surface area contributed by atoms with Crippen LogP contribution in [-0.2, 0) is 11.2 Å². The van der Waals surface area contributed by atoms with Crippen molar-refractivity contribution in [2.75, 3.05) is 7.11 Å². The lowest BCUT2D eigenvalue weighted by Crippen LogP contribution is -2.22. The molecule has 0 radical (unpaired) electrons. The van der Waals surface area contributed by atoms with Crippen LogP contribution >= 0.6 is 11.6 Å². The van der Waals surface area contributed by atoms with E-state index in [1.807, 2.05) is 31.2 Å². The summed E-state index contributed by atoms with van der Waals surface area (Å²) in [4.78, 5) is 16.6. The number of carbonyl (C=O) groups is 1. The predicted octanol–water partition coefficient (Wildman–Crippen LogP) is 4.61. The van der Waals surface area contributed by atoms with E-state index in [0.717, 1.165) is 40.9 Å². The molecule has 1 unspecified atom stereocenters. The molecule has 0 aliphatic heterocycles. The fourth-order valence-electron chi connectivity index (χ4n) is 2.96. The number of nitrogens with zero attached hydrogens (tertiary/aromatic N) is 1. The Balaban J connectivity index is 1.83. The average molecular weight is 354 g/mol. The molecule has 25 heavy (non-hydrogen) atoms. The van der Waals surface area contributed by atoms with Crippen molar-refractivity contribution in [3.05, 3.63) is 77.1 Å². The van der Waals surface area contributed by atoms with Gasteiger partial charge in [-0.05, 0) is 71.9 Å². The van der Waals surface area contributed by atoms with E-state index >= 15 is 0 Å². The quantitative estimate of drug-likeness (QED) is 0.737. The van der Waals surface area contributed by atoms with Gasteiger partial charge >= 0.3 is 0 Å². The normalized spacial score (nSPS) is 17.5. The Morgan fingerprint density at radius 3 is 2.40 bits per heavy atom. The van der Waals surface area contributed by atoms with Crippen LogP contribution in [0.2, 0.25) is 0 Å². The van der Waals surface area contributed by atoms with Crippen LogP contribution < -0.4 is 4.74 Å². The molecular formula is C21H20ClNO2. The Morgan fingerprint density at radius 1 is 1.08 bits per heavy atom. The third-order valence-corrected chi connectivity index (χ3v) is 4.97. The van der Waals surface area contributed by atoms with Gasteiger partial charge in [0.2, 0.25) is 0 Å². The maximum Gasteiger partial charge on any atom is 0.181 e. The number of alkyl halides is 1. The van der Waals surface area contributed by atoms with Crippen molar-refractivity contribution in [1.29, 1.82) is 0 Å². The molecule has 1 aromatic carbocycles. The van der Waals surface area contributed by atoms with Crippen LogP contribution in [0.25, 0.3) is 5.57 Å². The van der Waals surface area contributed by atoms with Crippen LogP contribution in [0.1, 0.15) is 24.5 Å². The lowest BCUT2D eigenvalue weighted by atomic mass is 9.86. The molecule has 1 heterocycles. The van der Waals surface area contributed by atoms with Gasteiger partial charge in [-0.2, -0.15) is 0 Å². The zero-order valence-electron chi connectivity index (χ0n) is 14.3. The predicted molar refractivity (Wildman–Crippen MR) is 101 cm³/mol. The fraction of sp³-hybridized carbons (Fsp3) is 0.238. The second kappa shape index (κ2) is 7.66. The minimum Gasteiger partial charge on any atom is -0.497 e. The highest BCUT2D eigenvalue weighted by molar-refractivity contribution is 6.40. The second-order valence-corrected chi connectivity index (χ2v) is 6.50. The molecule has 1 aromatic heterocycles. The van der Waals surface area contributed by atoms with E-state index in [1.54, 1.807) is 19.5 Å². The number of carbonyl (C=O) groups excluding carboxylic acids is 1. The first-order valence-electron chi connectivity index (χ1n) is 8.23. The van der Waals surface area contributed by atoms with Crippen molar-refractivity contribution >= 4 is 23.0 Å². The van der Waals surface area contributed by atoms with Crippen molar-refractivity contribution in [3.8, 4) is 5.75 Å². The van der Waals surface area contributed by atoms with E-state index in [0.29, 0.717) is 0 Å². The summed E-state index contributed by atoms with van der Waals surface area (Å²) >= 11 is 6.39. The number of pyridine rings is 1. The molecule has 0 saturated heterocycles. The van der Waals surface area contributed by atoms with Crippen LogP contribution in [0.5, 0.6) is 5.75 Å². The highest BCUT2D eigenvalue weighted by Crippen LogP contribution is 2.33. The van der Waals surface area contributed by atoms with Gasteiger partial charge in [0, 0.05) is 12.4 Å². The number of ether oxygens (including phenoxy) is 1. The largest absolute Gasteiger partial charge is 0.497 e. The van der Waals surface area contributed by atoms with Gasteiger partial charge in [-0.25, -0.2) is 0 Å². The first-order valence-corrected chi connectivity index (χ1v) is 8.66. The number of methoxy groups -OCH3 is 1. The maximum atomic E-state index is 12.6. The van der Waals surface area contributed by atoms with Crippen molar-refractivity contribution < 1.29 is 9.53 Å². The molecule has 0 spiro atoms. The Hall–Kier alpha value is -2.39. The van der Waals surface area contributed by atoms with Gasteiger partial charge in [0.05, 0.1) is 7.11 Å². The van der Waals surface area contributed by atoms with Crippen LogP contribution in [0.4, 0.5) is 0 Å². The molecule has 0 fully saturated rings. The smallest absolute Gasteiger partial charge is 0.181 e. The van der Waals surface area contributed by atoms with E-state index < -0.39 is 5.38 Å². The number of benzene rings is 1. The first kappa shape index (κ1) is 17.4. The van der Waals surface area contributed by atoms with Gasteiger partial charge in [-0.1, -0.05) is 18.2 Å². The summed E-state index contributed by atoms with van der Waals surface area (Å²) in [6.45, 7) is 1.86. The number of Topliss-reactive ketones (excluding diaryl/α,β-unsaturated/α-hetero) is 1. The highest BCUT2D eigenvalue weighted by Gasteiger charge is 2.28. The third kappa shape index (κ3) is 3.83. The zero-order valence-corrected chi connectivity index (χ0v) is 15.1. The number of rotatable bonds is 5. The number of allylic oxidation sites excluding steroid dienone is 4. The minimum atomic E-state index is -0.632. The molecule has 128 valence electrons. The molecular weight excluding hydrogens is 334 g/mol. The summed E-state index contributed by atoms with van der Waals surface area (Å²) < 4.78 is 5.19. The number of ketones is 1. The van der Waals surface area contributed by atoms with Crippen molar-refractivity contribution in [2.45, 2.75) is 25.1 Å². The van der Waals surface area contributed by atoms with Crippen molar-refractivity contribution in [1.82, 2.24) is 4.98 Å². The van der Waals surface area contributed by atoms with Crippen molar-refractivity contribution in [2.24, 2.45) is 0 Å². The van der Waals surface area contributed by atoms with Gasteiger partial charge in [0.15, 0.2) is 5.78 Å². The van der Waals surface area contributed by atoms with E-state index in [-0.39, 0.29) is 5.78 Å². The fourth-order valence-corrected chi connectivity index (χ4v) is 3.32. The number of aryl methyl sites for hydroxylation is 1. The molecule has 2 aromatic rings. The molecule has 1 aliphatic rings. The molecule has 1 aliphatic carbocycles. The van der Waals surface area contributed by atoms with Gasteiger partial charge in [-0.3, -0.25) is 9.78 Å². The molecule has 4 heteroatoms. The molecule has 0 bridgehead atoms. The Kier molecular flexibility index (Phi) is 5.34. The molecule has 0 saturated carbocycles. The second-order valence-electron chi connectivity index (χ2n) is 6.06. The number of hydrogen-bond donors (Lipinski definition) is 0. The third-order valence-electron chi connectivity index (χ3n) is 4.54. The zero-order chi connectivity index (χ0) is 17.8. The van der Waals surface area contributed by atoms with Crippen LogP contribution in [-0.4, -0.2) is 23.3 Å². The number of halogens is 1. The summed E-state index contributed by atoms with van der Waals surface area (Å²) in [5.74, 6) is 0.831. The molecule has 0 amide bonds.